The monoisotopic (exact) mass is 235 g/mol. The van der Waals surface area contributed by atoms with Gasteiger partial charge in [0.1, 0.15) is 11.6 Å². The van der Waals surface area contributed by atoms with Crippen LogP contribution in [0, 0.1) is 5.92 Å². The van der Waals surface area contributed by atoms with E-state index in [-0.39, 0.29) is 12.0 Å². The molecule has 1 saturated carbocycles. The molecule has 0 amide bonds. The van der Waals surface area contributed by atoms with Crippen molar-refractivity contribution < 1.29 is 9.90 Å². The maximum atomic E-state index is 10.7. The molecule has 0 aliphatic heterocycles. The van der Waals surface area contributed by atoms with Crippen LogP contribution in [0.3, 0.4) is 0 Å². The molecule has 0 aromatic carbocycles. The Morgan fingerprint density at radius 3 is 2.82 bits per heavy atom. The minimum atomic E-state index is -0.700. The third kappa shape index (κ3) is 2.72. The van der Waals surface area contributed by atoms with Crippen LogP contribution in [-0.2, 0) is 4.79 Å². The fraction of sp³-hybridized carbons (Fsp3) is 0.583. The van der Waals surface area contributed by atoms with Crippen molar-refractivity contribution in [3.05, 3.63) is 18.1 Å². The van der Waals surface area contributed by atoms with E-state index in [0.717, 1.165) is 11.6 Å². The van der Waals surface area contributed by atoms with Crippen LogP contribution in [0.15, 0.2) is 12.3 Å². The highest BCUT2D eigenvalue weighted by Gasteiger charge is 2.34. The van der Waals surface area contributed by atoms with Gasteiger partial charge in [-0.2, -0.15) is 0 Å². The zero-order chi connectivity index (χ0) is 12.4. The Morgan fingerprint density at radius 2 is 2.24 bits per heavy atom. The molecule has 92 valence electrons. The number of carbonyl (C=O) groups is 1. The third-order valence-electron chi connectivity index (χ3n) is 3.03. The molecule has 5 heteroatoms. The number of hydrogen-bond donors (Lipinski definition) is 2. The minimum absolute atomic E-state index is 0.195. The van der Waals surface area contributed by atoms with Crippen LogP contribution in [0.5, 0.6) is 0 Å². The van der Waals surface area contributed by atoms with Crippen molar-refractivity contribution in [3.63, 3.8) is 0 Å². The van der Waals surface area contributed by atoms with Gasteiger partial charge < -0.3 is 10.4 Å². The Hall–Kier alpha value is -1.65. The first kappa shape index (κ1) is 11.8. The lowest BCUT2D eigenvalue weighted by Crippen LogP contribution is -2.39. The molecule has 0 bridgehead atoms. The predicted octanol–water partition coefficient (Wildman–Crippen LogP) is 1.88. The van der Waals surface area contributed by atoms with Gasteiger partial charge in [-0.1, -0.05) is 13.8 Å². The maximum absolute atomic E-state index is 10.7. The van der Waals surface area contributed by atoms with Gasteiger partial charge in [-0.15, -0.1) is 0 Å². The molecule has 0 saturated heterocycles. The van der Waals surface area contributed by atoms with E-state index in [1.165, 1.54) is 0 Å². The van der Waals surface area contributed by atoms with E-state index in [9.17, 15) is 4.79 Å². The van der Waals surface area contributed by atoms with E-state index in [0.29, 0.717) is 18.8 Å². The molecule has 5 nitrogen and oxygen atoms in total. The summed E-state index contributed by atoms with van der Waals surface area (Å²) in [7, 11) is 0. The van der Waals surface area contributed by atoms with Crippen molar-refractivity contribution in [2.24, 2.45) is 5.92 Å². The lowest BCUT2D eigenvalue weighted by molar-refractivity contribution is -0.144. The number of hydrogen-bond acceptors (Lipinski definition) is 4. The topological polar surface area (TPSA) is 75.1 Å². The van der Waals surface area contributed by atoms with E-state index >= 15 is 0 Å². The maximum Gasteiger partial charge on any atom is 0.306 e. The summed E-state index contributed by atoms with van der Waals surface area (Å²) in [4.78, 5) is 19.3. The summed E-state index contributed by atoms with van der Waals surface area (Å²) >= 11 is 0. The van der Waals surface area contributed by atoms with Crippen molar-refractivity contribution in [2.45, 2.75) is 38.6 Å². The average Bonchev–Trinajstić information content (AvgIpc) is 2.22. The molecule has 0 unspecified atom stereocenters. The Labute approximate surface area is 100 Å². The number of carboxylic acid groups (broad SMARTS) is 1. The molecule has 0 atom stereocenters. The van der Waals surface area contributed by atoms with E-state index in [1.54, 1.807) is 6.20 Å². The molecule has 1 aliphatic carbocycles. The second-order valence-electron chi connectivity index (χ2n) is 4.80. The number of aliphatic carboxylic acids is 1. The van der Waals surface area contributed by atoms with Gasteiger partial charge in [-0.05, 0) is 18.9 Å². The zero-order valence-electron chi connectivity index (χ0n) is 10.1. The molecule has 1 aromatic heterocycles. The highest BCUT2D eigenvalue weighted by atomic mass is 16.4. The molecule has 1 aromatic rings. The Bertz CT molecular complexity index is 414. The second kappa shape index (κ2) is 4.69. The molecule has 1 heterocycles. The summed E-state index contributed by atoms with van der Waals surface area (Å²) in [6.07, 6.45) is 3.09. The van der Waals surface area contributed by atoms with Gasteiger partial charge in [0, 0.05) is 18.2 Å². The first-order valence-corrected chi connectivity index (χ1v) is 5.88. The van der Waals surface area contributed by atoms with Crippen molar-refractivity contribution in [3.8, 4) is 0 Å². The number of aromatic nitrogens is 2. The first-order chi connectivity index (χ1) is 8.06. The largest absolute Gasteiger partial charge is 0.481 e. The normalized spacial score (nSPS) is 23.2. The smallest absolute Gasteiger partial charge is 0.306 e. The number of rotatable bonds is 4. The second-order valence-corrected chi connectivity index (χ2v) is 4.80. The van der Waals surface area contributed by atoms with Gasteiger partial charge in [0.25, 0.3) is 0 Å². The standard InChI is InChI=1S/C12H17N3O2/c1-7(2)11-13-4-3-10(15-11)14-9-5-8(6-9)12(16)17/h3-4,7-9H,5-6H2,1-2H3,(H,16,17)(H,13,14,15). The van der Waals surface area contributed by atoms with Gasteiger partial charge >= 0.3 is 5.97 Å². The zero-order valence-corrected chi connectivity index (χ0v) is 10.1. The third-order valence-corrected chi connectivity index (χ3v) is 3.03. The van der Waals surface area contributed by atoms with Crippen LogP contribution < -0.4 is 5.32 Å². The first-order valence-electron chi connectivity index (χ1n) is 5.88. The van der Waals surface area contributed by atoms with E-state index in [4.69, 9.17) is 5.11 Å². The predicted molar refractivity (Wildman–Crippen MR) is 63.9 cm³/mol. The Morgan fingerprint density at radius 1 is 1.53 bits per heavy atom. The fourth-order valence-electron chi connectivity index (χ4n) is 1.88. The molecule has 0 spiro atoms. The van der Waals surface area contributed by atoms with Crippen molar-refractivity contribution in [1.82, 2.24) is 9.97 Å². The lowest BCUT2D eigenvalue weighted by Gasteiger charge is -2.33. The summed E-state index contributed by atoms with van der Waals surface area (Å²) in [6, 6.07) is 2.05. The summed E-state index contributed by atoms with van der Waals surface area (Å²) < 4.78 is 0. The summed E-state index contributed by atoms with van der Waals surface area (Å²) in [5.41, 5.74) is 0. The van der Waals surface area contributed by atoms with Gasteiger partial charge in [0.15, 0.2) is 0 Å². The highest BCUT2D eigenvalue weighted by molar-refractivity contribution is 5.71. The quantitative estimate of drug-likeness (QED) is 0.833. The molecular weight excluding hydrogens is 218 g/mol. The summed E-state index contributed by atoms with van der Waals surface area (Å²) in [6.45, 7) is 4.09. The lowest BCUT2D eigenvalue weighted by atomic mass is 9.80. The van der Waals surface area contributed by atoms with E-state index in [1.807, 2.05) is 19.9 Å². The van der Waals surface area contributed by atoms with Crippen molar-refractivity contribution >= 4 is 11.8 Å². The SMILES string of the molecule is CC(C)c1nccc(NC2CC(C(=O)O)C2)n1. The van der Waals surface area contributed by atoms with Crippen LogP contribution in [0.25, 0.3) is 0 Å². The van der Waals surface area contributed by atoms with Crippen LogP contribution in [0.1, 0.15) is 38.4 Å². The van der Waals surface area contributed by atoms with Crippen molar-refractivity contribution in [2.75, 3.05) is 5.32 Å². The average molecular weight is 235 g/mol. The molecule has 17 heavy (non-hydrogen) atoms. The van der Waals surface area contributed by atoms with Crippen LogP contribution in [-0.4, -0.2) is 27.1 Å². The molecule has 1 aliphatic rings. The molecule has 0 radical (unpaired) electrons. The number of anilines is 1. The number of nitrogens with one attached hydrogen (secondary N) is 1. The van der Waals surface area contributed by atoms with Crippen LogP contribution in [0.4, 0.5) is 5.82 Å². The molecule has 2 N–H and O–H groups in total. The summed E-state index contributed by atoms with van der Waals surface area (Å²) in [5.74, 6) is 0.999. The van der Waals surface area contributed by atoms with Crippen LogP contribution >= 0.6 is 0 Å². The minimum Gasteiger partial charge on any atom is -0.481 e. The molecule has 2 rings (SSSR count). The number of carboxylic acids is 1. The number of nitrogens with zero attached hydrogens (tertiary/aromatic N) is 2. The molecule has 1 fully saturated rings. The fourth-order valence-corrected chi connectivity index (χ4v) is 1.88. The van der Waals surface area contributed by atoms with Gasteiger partial charge in [0.05, 0.1) is 5.92 Å². The van der Waals surface area contributed by atoms with E-state index < -0.39 is 5.97 Å². The Kier molecular flexibility index (Phi) is 3.26. The van der Waals surface area contributed by atoms with Crippen LogP contribution in [0.2, 0.25) is 0 Å². The Balaban J connectivity index is 1.92. The highest BCUT2D eigenvalue weighted by Crippen LogP contribution is 2.29. The van der Waals surface area contributed by atoms with Gasteiger partial charge in [-0.25, -0.2) is 9.97 Å². The summed E-state index contributed by atoms with van der Waals surface area (Å²) in [5, 5.41) is 12.0. The van der Waals surface area contributed by atoms with E-state index in [2.05, 4.69) is 15.3 Å². The van der Waals surface area contributed by atoms with Crippen molar-refractivity contribution in [1.29, 1.82) is 0 Å². The molecular formula is C12H17N3O2. The van der Waals surface area contributed by atoms with Gasteiger partial charge in [0.2, 0.25) is 0 Å². The van der Waals surface area contributed by atoms with Gasteiger partial charge in [-0.3, -0.25) is 4.79 Å².